The number of methoxy groups -OCH3 is 1. The van der Waals surface area contributed by atoms with Gasteiger partial charge in [-0.2, -0.15) is 0 Å². The summed E-state index contributed by atoms with van der Waals surface area (Å²) in [6.07, 6.45) is 0.906. The smallest absolute Gasteiger partial charge is 0.145 e. The number of piperazine rings is 1. The van der Waals surface area contributed by atoms with E-state index in [1.165, 1.54) is 12.1 Å². The first-order chi connectivity index (χ1) is 11.6. The zero-order chi connectivity index (χ0) is 17.1. The van der Waals surface area contributed by atoms with Crippen LogP contribution in [0.5, 0.6) is 5.75 Å². The van der Waals surface area contributed by atoms with E-state index in [1.807, 2.05) is 6.92 Å². The van der Waals surface area contributed by atoms with E-state index in [9.17, 15) is 4.39 Å². The number of anilines is 2. The molecule has 0 aliphatic carbocycles. The Morgan fingerprint density at radius 1 is 1.08 bits per heavy atom. The number of aromatic nitrogens is 2. The highest BCUT2D eigenvalue weighted by Crippen LogP contribution is 2.30. The molecule has 0 N–H and O–H groups in total. The van der Waals surface area contributed by atoms with Crippen molar-refractivity contribution in [2.24, 2.45) is 0 Å². The van der Waals surface area contributed by atoms with Gasteiger partial charge in [-0.15, -0.1) is 0 Å². The number of hydrogen-bond donors (Lipinski definition) is 0. The highest BCUT2D eigenvalue weighted by molar-refractivity contribution is 5.59. The summed E-state index contributed by atoms with van der Waals surface area (Å²) in [5, 5.41) is 0. The second kappa shape index (κ2) is 7.03. The maximum atomic E-state index is 13.4. The highest BCUT2D eigenvalue weighted by Gasteiger charge is 2.21. The Labute approximate surface area is 142 Å². The third-order valence-corrected chi connectivity index (χ3v) is 4.33. The van der Waals surface area contributed by atoms with Crippen LogP contribution in [-0.4, -0.2) is 43.3 Å². The SMILES string of the molecule is CCc1cc(N2CCN(c3ccc(F)cc3OC)CC2)nc(C)n1. The summed E-state index contributed by atoms with van der Waals surface area (Å²) in [7, 11) is 1.57. The Morgan fingerprint density at radius 2 is 1.79 bits per heavy atom. The molecule has 3 rings (SSSR count). The van der Waals surface area contributed by atoms with Gasteiger partial charge in [0.05, 0.1) is 12.8 Å². The Morgan fingerprint density at radius 3 is 2.46 bits per heavy atom. The van der Waals surface area contributed by atoms with Crippen LogP contribution in [-0.2, 0) is 6.42 Å². The lowest BCUT2D eigenvalue weighted by Crippen LogP contribution is -2.47. The van der Waals surface area contributed by atoms with Gasteiger partial charge in [-0.1, -0.05) is 6.92 Å². The van der Waals surface area contributed by atoms with Gasteiger partial charge in [0.2, 0.25) is 0 Å². The van der Waals surface area contributed by atoms with Crippen LogP contribution >= 0.6 is 0 Å². The Kier molecular flexibility index (Phi) is 4.83. The van der Waals surface area contributed by atoms with Gasteiger partial charge in [-0.25, -0.2) is 14.4 Å². The van der Waals surface area contributed by atoms with Crippen LogP contribution in [0.2, 0.25) is 0 Å². The van der Waals surface area contributed by atoms with Gasteiger partial charge < -0.3 is 14.5 Å². The summed E-state index contributed by atoms with van der Waals surface area (Å²) in [4.78, 5) is 13.5. The lowest BCUT2D eigenvalue weighted by molar-refractivity contribution is 0.410. The summed E-state index contributed by atoms with van der Waals surface area (Å²) >= 11 is 0. The molecule has 0 spiro atoms. The van der Waals surface area contributed by atoms with Gasteiger partial charge >= 0.3 is 0 Å². The molecular formula is C18H23FN4O. The fourth-order valence-corrected chi connectivity index (χ4v) is 3.04. The lowest BCUT2D eigenvalue weighted by atomic mass is 10.2. The molecule has 1 aliphatic heterocycles. The molecule has 0 atom stereocenters. The minimum absolute atomic E-state index is 0.280. The summed E-state index contributed by atoms with van der Waals surface area (Å²) in [5.41, 5.74) is 2.01. The van der Waals surface area contributed by atoms with Crippen molar-refractivity contribution in [3.8, 4) is 5.75 Å². The average Bonchev–Trinajstić information content (AvgIpc) is 2.61. The molecule has 128 valence electrons. The van der Waals surface area contributed by atoms with Gasteiger partial charge in [-0.05, 0) is 25.5 Å². The monoisotopic (exact) mass is 330 g/mol. The van der Waals surface area contributed by atoms with E-state index < -0.39 is 0 Å². The second-order valence-electron chi connectivity index (χ2n) is 5.91. The first kappa shape index (κ1) is 16.5. The maximum Gasteiger partial charge on any atom is 0.145 e. The molecule has 6 heteroatoms. The third kappa shape index (κ3) is 3.42. The van der Waals surface area contributed by atoms with Gasteiger partial charge in [0.15, 0.2) is 0 Å². The number of benzene rings is 1. The zero-order valence-corrected chi connectivity index (χ0v) is 14.4. The molecule has 2 heterocycles. The van der Waals surface area contributed by atoms with E-state index in [2.05, 4.69) is 32.8 Å². The first-order valence-corrected chi connectivity index (χ1v) is 8.28. The van der Waals surface area contributed by atoms with Crippen molar-refractivity contribution in [3.05, 3.63) is 41.6 Å². The molecule has 1 fully saturated rings. The molecule has 24 heavy (non-hydrogen) atoms. The van der Waals surface area contributed by atoms with Gasteiger partial charge in [0.25, 0.3) is 0 Å². The van der Waals surface area contributed by atoms with Crippen molar-refractivity contribution in [2.75, 3.05) is 43.1 Å². The Hall–Kier alpha value is -2.37. The van der Waals surface area contributed by atoms with Gasteiger partial charge in [-0.3, -0.25) is 0 Å². The van der Waals surface area contributed by atoms with Crippen molar-refractivity contribution in [1.82, 2.24) is 9.97 Å². The fraction of sp³-hybridized carbons (Fsp3) is 0.444. The molecule has 2 aromatic rings. The summed E-state index contributed by atoms with van der Waals surface area (Å²) in [5.74, 6) is 2.10. The number of nitrogens with zero attached hydrogens (tertiary/aromatic N) is 4. The zero-order valence-electron chi connectivity index (χ0n) is 14.4. The second-order valence-corrected chi connectivity index (χ2v) is 5.91. The number of hydrogen-bond acceptors (Lipinski definition) is 5. The minimum Gasteiger partial charge on any atom is -0.494 e. The molecule has 0 radical (unpaired) electrons. The van der Waals surface area contributed by atoms with Crippen molar-refractivity contribution < 1.29 is 9.13 Å². The molecule has 0 bridgehead atoms. The maximum absolute atomic E-state index is 13.4. The van der Waals surface area contributed by atoms with E-state index in [0.717, 1.165) is 55.6 Å². The standard InChI is InChI=1S/C18H23FN4O/c1-4-15-12-18(21-13(2)20-15)23-9-7-22(8-10-23)16-6-5-14(19)11-17(16)24-3/h5-6,11-12H,4,7-10H2,1-3H3. The predicted molar refractivity (Wildman–Crippen MR) is 93.5 cm³/mol. The van der Waals surface area contributed by atoms with Crippen LogP contribution in [0.3, 0.4) is 0 Å². The largest absolute Gasteiger partial charge is 0.494 e. The number of ether oxygens (including phenoxy) is 1. The molecule has 1 aliphatic rings. The quantitative estimate of drug-likeness (QED) is 0.862. The number of halogens is 1. The lowest BCUT2D eigenvalue weighted by Gasteiger charge is -2.37. The molecule has 0 amide bonds. The predicted octanol–water partition coefficient (Wildman–Crippen LogP) is 2.82. The van der Waals surface area contributed by atoms with Gasteiger partial charge in [0.1, 0.15) is 23.2 Å². The van der Waals surface area contributed by atoms with E-state index >= 15 is 0 Å². The molecule has 5 nitrogen and oxygen atoms in total. The topological polar surface area (TPSA) is 41.5 Å². The van der Waals surface area contributed by atoms with Crippen molar-refractivity contribution in [3.63, 3.8) is 0 Å². The van der Waals surface area contributed by atoms with Crippen molar-refractivity contribution in [2.45, 2.75) is 20.3 Å². The fourth-order valence-electron chi connectivity index (χ4n) is 3.04. The summed E-state index contributed by atoms with van der Waals surface area (Å²) < 4.78 is 18.7. The Bertz CT molecular complexity index is 714. The first-order valence-electron chi connectivity index (χ1n) is 8.28. The molecule has 1 saturated heterocycles. The summed E-state index contributed by atoms with van der Waals surface area (Å²) in [6.45, 7) is 7.44. The molecule has 0 unspecified atom stereocenters. The molecule has 0 saturated carbocycles. The third-order valence-electron chi connectivity index (χ3n) is 4.33. The van der Waals surface area contributed by atoms with E-state index in [4.69, 9.17) is 4.74 Å². The molecule has 1 aromatic carbocycles. The van der Waals surface area contributed by atoms with Crippen LogP contribution in [0.25, 0.3) is 0 Å². The Balaban J connectivity index is 1.73. The minimum atomic E-state index is -0.280. The average molecular weight is 330 g/mol. The highest BCUT2D eigenvalue weighted by atomic mass is 19.1. The van der Waals surface area contributed by atoms with Crippen LogP contribution in [0.1, 0.15) is 18.4 Å². The van der Waals surface area contributed by atoms with E-state index in [1.54, 1.807) is 13.2 Å². The number of aryl methyl sites for hydroxylation is 2. The summed E-state index contributed by atoms with van der Waals surface area (Å²) in [6, 6.07) is 6.77. The van der Waals surface area contributed by atoms with Crippen molar-refractivity contribution in [1.29, 1.82) is 0 Å². The van der Waals surface area contributed by atoms with Crippen LogP contribution in [0, 0.1) is 12.7 Å². The van der Waals surface area contributed by atoms with Gasteiger partial charge in [0, 0.05) is 44.0 Å². The number of rotatable bonds is 4. The molecular weight excluding hydrogens is 307 g/mol. The van der Waals surface area contributed by atoms with Crippen LogP contribution < -0.4 is 14.5 Å². The molecule has 1 aromatic heterocycles. The van der Waals surface area contributed by atoms with E-state index in [-0.39, 0.29) is 5.82 Å². The van der Waals surface area contributed by atoms with Crippen LogP contribution in [0.4, 0.5) is 15.9 Å². The van der Waals surface area contributed by atoms with Crippen molar-refractivity contribution >= 4 is 11.5 Å². The van der Waals surface area contributed by atoms with Crippen LogP contribution in [0.15, 0.2) is 24.3 Å². The normalized spacial score (nSPS) is 14.8. The van der Waals surface area contributed by atoms with E-state index in [0.29, 0.717) is 5.75 Å².